The Kier molecular flexibility index (Phi) is 4.22. The van der Waals surface area contributed by atoms with Crippen LogP contribution in [0.1, 0.15) is 67.2 Å². The molecule has 1 nitrogen and oxygen atoms in total. The second kappa shape index (κ2) is 4.86. The molecule has 0 radical (unpaired) electrons. The summed E-state index contributed by atoms with van der Waals surface area (Å²) in [6.45, 7) is 13.5. The van der Waals surface area contributed by atoms with E-state index < -0.39 is 0 Å². The summed E-state index contributed by atoms with van der Waals surface area (Å²) in [5.41, 5.74) is 0.666. The van der Waals surface area contributed by atoms with Crippen LogP contribution in [0.5, 0.6) is 0 Å². The highest BCUT2D eigenvalue weighted by Crippen LogP contribution is 2.50. The van der Waals surface area contributed by atoms with Gasteiger partial charge in [0.05, 0.1) is 0 Å². The average Bonchev–Trinajstić information content (AvgIpc) is 2.19. The number of fused-ring (bicyclic) bond motifs is 2. The van der Waals surface area contributed by atoms with Crippen molar-refractivity contribution in [3.05, 3.63) is 0 Å². The van der Waals surface area contributed by atoms with Gasteiger partial charge in [-0.1, -0.05) is 34.1 Å². The van der Waals surface area contributed by atoms with E-state index in [1.165, 1.54) is 25.7 Å². The highest BCUT2D eigenvalue weighted by molar-refractivity contribution is 5.04. The molecule has 3 fully saturated rings. The van der Waals surface area contributed by atoms with E-state index in [9.17, 15) is 0 Å². The number of piperidine rings is 1. The largest absolute Gasteiger partial charge is 0.295 e. The van der Waals surface area contributed by atoms with Gasteiger partial charge in [0.2, 0.25) is 0 Å². The molecule has 0 aromatic rings. The number of hydrogen-bond donors (Lipinski definition) is 0. The predicted octanol–water partition coefficient (Wildman–Crippen LogP) is 4.07. The summed E-state index contributed by atoms with van der Waals surface area (Å²) in [4.78, 5) is 2.73. The standard InChI is InChI=1S/C12H23N.C2H6/c1-5-12(4)7-10-6-11(8-12)13(10)9(2)3;1-2/h9-11H,5-8H2,1-4H3;1-2H3. The van der Waals surface area contributed by atoms with Gasteiger partial charge in [-0.2, -0.15) is 0 Å². The van der Waals surface area contributed by atoms with Crippen molar-refractivity contribution in [2.75, 3.05) is 0 Å². The van der Waals surface area contributed by atoms with E-state index in [-0.39, 0.29) is 0 Å². The maximum Gasteiger partial charge on any atom is 0.0121 e. The second-order valence-corrected chi connectivity index (χ2v) is 5.66. The Morgan fingerprint density at radius 3 is 2.00 bits per heavy atom. The highest BCUT2D eigenvalue weighted by Gasteiger charge is 2.49. The van der Waals surface area contributed by atoms with Crippen molar-refractivity contribution >= 4 is 0 Å². The van der Waals surface area contributed by atoms with Gasteiger partial charge in [-0.25, -0.2) is 0 Å². The molecule has 0 N–H and O–H groups in total. The van der Waals surface area contributed by atoms with Crippen molar-refractivity contribution in [2.24, 2.45) is 5.41 Å². The molecule has 2 bridgehead atoms. The highest BCUT2D eigenvalue weighted by atomic mass is 15.3. The van der Waals surface area contributed by atoms with E-state index >= 15 is 0 Å². The summed E-state index contributed by atoms with van der Waals surface area (Å²) in [6, 6.07) is 2.61. The van der Waals surface area contributed by atoms with Crippen LogP contribution >= 0.6 is 0 Å². The third-order valence-corrected chi connectivity index (χ3v) is 4.29. The molecule has 2 aliphatic heterocycles. The van der Waals surface area contributed by atoms with Crippen molar-refractivity contribution in [1.29, 1.82) is 0 Å². The molecule has 2 saturated heterocycles. The maximum absolute atomic E-state index is 2.73. The monoisotopic (exact) mass is 211 g/mol. The molecule has 2 unspecified atom stereocenters. The number of hydrogen-bond acceptors (Lipinski definition) is 1. The zero-order valence-corrected chi connectivity index (χ0v) is 11.5. The first-order valence-electron chi connectivity index (χ1n) is 6.83. The SMILES string of the molecule is CC.CCC1(C)CC2CC(C1)N2C(C)C. The lowest BCUT2D eigenvalue weighted by Crippen LogP contribution is -2.64. The lowest BCUT2D eigenvalue weighted by molar-refractivity contribution is -0.102. The summed E-state index contributed by atoms with van der Waals surface area (Å²) in [5, 5.41) is 0. The van der Waals surface area contributed by atoms with Gasteiger partial charge in [0.1, 0.15) is 0 Å². The van der Waals surface area contributed by atoms with Crippen LogP contribution in [0.25, 0.3) is 0 Å². The summed E-state index contributed by atoms with van der Waals surface area (Å²) < 4.78 is 0. The van der Waals surface area contributed by atoms with E-state index in [2.05, 4.69) is 32.6 Å². The maximum atomic E-state index is 2.73. The Balaban J connectivity index is 0.000000531. The Hall–Kier alpha value is -0.0400. The molecule has 3 rings (SSSR count). The van der Waals surface area contributed by atoms with E-state index in [4.69, 9.17) is 0 Å². The minimum atomic E-state index is 0.666. The van der Waals surface area contributed by atoms with Crippen LogP contribution in [0.2, 0.25) is 0 Å². The summed E-state index contributed by atoms with van der Waals surface area (Å²) in [7, 11) is 0. The molecular weight excluding hydrogens is 182 g/mol. The van der Waals surface area contributed by atoms with Crippen LogP contribution in [-0.2, 0) is 0 Å². The lowest BCUT2D eigenvalue weighted by atomic mass is 9.63. The molecule has 2 heterocycles. The molecule has 0 amide bonds. The van der Waals surface area contributed by atoms with Crippen LogP contribution in [0.4, 0.5) is 0 Å². The molecule has 1 heteroatoms. The topological polar surface area (TPSA) is 3.24 Å². The summed E-state index contributed by atoms with van der Waals surface area (Å²) in [5.74, 6) is 0. The van der Waals surface area contributed by atoms with Crippen LogP contribution < -0.4 is 0 Å². The van der Waals surface area contributed by atoms with Crippen molar-refractivity contribution in [3.63, 3.8) is 0 Å². The van der Waals surface area contributed by atoms with Gasteiger partial charge < -0.3 is 0 Å². The first kappa shape index (κ1) is 13.0. The summed E-state index contributed by atoms with van der Waals surface area (Å²) in [6.07, 6.45) is 5.73. The fourth-order valence-electron chi connectivity index (χ4n) is 3.45. The quantitative estimate of drug-likeness (QED) is 0.665. The zero-order valence-electron chi connectivity index (χ0n) is 11.5. The van der Waals surface area contributed by atoms with Crippen LogP contribution in [0.3, 0.4) is 0 Å². The van der Waals surface area contributed by atoms with Crippen molar-refractivity contribution in [3.8, 4) is 0 Å². The van der Waals surface area contributed by atoms with Gasteiger partial charge in [0.25, 0.3) is 0 Å². The van der Waals surface area contributed by atoms with Crippen molar-refractivity contribution in [2.45, 2.75) is 85.4 Å². The van der Waals surface area contributed by atoms with E-state index in [1.807, 2.05) is 13.8 Å². The van der Waals surface area contributed by atoms with Crippen LogP contribution in [-0.4, -0.2) is 23.0 Å². The van der Waals surface area contributed by atoms with Gasteiger partial charge in [0, 0.05) is 18.1 Å². The molecular formula is C14H29N. The van der Waals surface area contributed by atoms with Gasteiger partial charge >= 0.3 is 0 Å². The Labute approximate surface area is 96.2 Å². The number of nitrogens with zero attached hydrogens (tertiary/aromatic N) is 1. The van der Waals surface area contributed by atoms with Gasteiger partial charge in [0.15, 0.2) is 0 Å². The third kappa shape index (κ3) is 2.38. The van der Waals surface area contributed by atoms with Crippen LogP contribution in [0, 0.1) is 5.41 Å². The van der Waals surface area contributed by atoms with Crippen LogP contribution in [0.15, 0.2) is 0 Å². The molecule has 1 saturated carbocycles. The van der Waals surface area contributed by atoms with E-state index in [0.717, 1.165) is 18.1 Å². The number of rotatable bonds is 2. The second-order valence-electron chi connectivity index (χ2n) is 5.66. The smallest absolute Gasteiger partial charge is 0.0121 e. The molecule has 90 valence electrons. The lowest BCUT2D eigenvalue weighted by Gasteiger charge is -2.60. The zero-order chi connectivity index (χ0) is 11.6. The molecule has 15 heavy (non-hydrogen) atoms. The first-order chi connectivity index (χ1) is 7.06. The molecule has 0 aromatic carbocycles. The Bertz CT molecular complexity index is 186. The van der Waals surface area contributed by atoms with Gasteiger partial charge in [-0.15, -0.1) is 0 Å². The predicted molar refractivity (Wildman–Crippen MR) is 68.1 cm³/mol. The fourth-order valence-corrected chi connectivity index (χ4v) is 3.45. The normalized spacial score (nSPS) is 39.4. The average molecular weight is 211 g/mol. The van der Waals surface area contributed by atoms with E-state index in [1.54, 1.807) is 0 Å². The Morgan fingerprint density at radius 1 is 1.20 bits per heavy atom. The summed E-state index contributed by atoms with van der Waals surface area (Å²) >= 11 is 0. The van der Waals surface area contributed by atoms with Crippen molar-refractivity contribution in [1.82, 2.24) is 4.90 Å². The third-order valence-electron chi connectivity index (χ3n) is 4.29. The molecule has 0 aromatic heterocycles. The minimum absolute atomic E-state index is 0.666. The molecule has 0 spiro atoms. The fraction of sp³-hybridized carbons (Fsp3) is 1.00. The Morgan fingerprint density at radius 2 is 1.67 bits per heavy atom. The van der Waals surface area contributed by atoms with E-state index in [0.29, 0.717) is 5.41 Å². The minimum Gasteiger partial charge on any atom is -0.295 e. The van der Waals surface area contributed by atoms with Gasteiger partial charge in [-0.05, 0) is 38.5 Å². The molecule has 3 aliphatic rings. The molecule has 2 atom stereocenters. The molecule has 1 aliphatic carbocycles. The van der Waals surface area contributed by atoms with Gasteiger partial charge in [-0.3, -0.25) is 4.90 Å². The first-order valence-corrected chi connectivity index (χ1v) is 6.83. The van der Waals surface area contributed by atoms with Crippen molar-refractivity contribution < 1.29 is 0 Å².